The van der Waals surface area contributed by atoms with Crippen LogP contribution in [-0.2, 0) is 9.47 Å². The fraction of sp³-hybridized carbons (Fsp3) is 0.938. The van der Waals surface area contributed by atoms with E-state index in [1.165, 1.54) is 12.8 Å². The van der Waals surface area contributed by atoms with Gasteiger partial charge in [-0.15, -0.1) is 0 Å². The van der Waals surface area contributed by atoms with Gasteiger partial charge in [-0.2, -0.15) is 0 Å². The maximum atomic E-state index is 12.1. The molecule has 0 saturated heterocycles. The van der Waals surface area contributed by atoms with E-state index in [-0.39, 0.29) is 6.09 Å². The summed E-state index contributed by atoms with van der Waals surface area (Å²) in [4.78, 5) is 13.8. The predicted molar refractivity (Wildman–Crippen MR) is 86.6 cm³/mol. The van der Waals surface area contributed by atoms with Crippen LogP contribution in [0.4, 0.5) is 4.79 Å². The second-order valence-electron chi connectivity index (χ2n) is 6.35. The summed E-state index contributed by atoms with van der Waals surface area (Å²) in [5.74, 6) is 0.707. The lowest BCUT2D eigenvalue weighted by atomic mass is 10.0. The van der Waals surface area contributed by atoms with Crippen molar-refractivity contribution in [1.29, 1.82) is 0 Å². The van der Waals surface area contributed by atoms with Crippen molar-refractivity contribution in [3.63, 3.8) is 0 Å². The highest BCUT2D eigenvalue weighted by Crippen LogP contribution is 2.10. The van der Waals surface area contributed by atoms with Crippen LogP contribution in [0.5, 0.6) is 0 Å². The Bertz CT molecular complexity index is 273. The van der Waals surface area contributed by atoms with Crippen molar-refractivity contribution in [2.75, 3.05) is 39.9 Å². The molecule has 0 radical (unpaired) electrons. The number of nitrogens with one attached hydrogen (secondary N) is 1. The van der Waals surface area contributed by atoms with Crippen molar-refractivity contribution < 1.29 is 14.3 Å². The molecule has 5 nitrogen and oxygen atoms in total. The maximum Gasteiger partial charge on any atom is 0.410 e. The molecule has 0 spiro atoms. The molecule has 0 aromatic carbocycles. The van der Waals surface area contributed by atoms with E-state index in [0.717, 1.165) is 13.1 Å². The first kappa shape index (κ1) is 20.2. The number of carbonyl (C=O) groups excluding carboxylic acids is 1. The van der Waals surface area contributed by atoms with Gasteiger partial charge in [0.05, 0.1) is 6.61 Å². The van der Waals surface area contributed by atoms with Gasteiger partial charge in [0.1, 0.15) is 5.60 Å². The Labute approximate surface area is 130 Å². The molecule has 0 aliphatic carbocycles. The Morgan fingerprint density at radius 1 is 1.19 bits per heavy atom. The Balaban J connectivity index is 4.20. The molecule has 0 unspecified atom stereocenters. The number of hydrogen-bond donors (Lipinski definition) is 1. The lowest BCUT2D eigenvalue weighted by Gasteiger charge is -2.27. The number of methoxy groups -OCH3 is 1. The topological polar surface area (TPSA) is 50.8 Å². The minimum absolute atomic E-state index is 0.274. The molecule has 0 aromatic rings. The summed E-state index contributed by atoms with van der Waals surface area (Å²) in [7, 11) is 1.64. The van der Waals surface area contributed by atoms with Crippen LogP contribution in [0.25, 0.3) is 0 Å². The molecule has 1 amide bonds. The maximum absolute atomic E-state index is 12.1. The van der Waals surface area contributed by atoms with E-state index in [1.807, 2.05) is 20.8 Å². The zero-order valence-electron chi connectivity index (χ0n) is 14.7. The molecule has 0 aromatic heterocycles. The summed E-state index contributed by atoms with van der Waals surface area (Å²) in [5, 5.41) is 3.42. The highest BCUT2D eigenvalue weighted by Gasteiger charge is 2.21. The van der Waals surface area contributed by atoms with Gasteiger partial charge < -0.3 is 19.7 Å². The molecular formula is C16H34N2O3. The van der Waals surface area contributed by atoms with E-state index in [9.17, 15) is 4.79 Å². The fourth-order valence-electron chi connectivity index (χ4n) is 1.92. The molecule has 0 aliphatic heterocycles. The number of amides is 1. The first-order chi connectivity index (χ1) is 9.84. The van der Waals surface area contributed by atoms with E-state index in [4.69, 9.17) is 9.47 Å². The number of ether oxygens (including phenoxy) is 2. The van der Waals surface area contributed by atoms with Gasteiger partial charge in [-0.05, 0) is 33.2 Å². The number of carbonyl (C=O) groups is 1. The van der Waals surface area contributed by atoms with Gasteiger partial charge in [-0.3, -0.25) is 0 Å². The highest BCUT2D eigenvalue weighted by atomic mass is 16.6. The zero-order valence-corrected chi connectivity index (χ0v) is 14.7. The van der Waals surface area contributed by atoms with Crippen LogP contribution in [0.3, 0.4) is 0 Å². The summed E-state index contributed by atoms with van der Waals surface area (Å²) in [6, 6.07) is 0. The molecule has 0 bridgehead atoms. The van der Waals surface area contributed by atoms with E-state index in [0.29, 0.717) is 25.6 Å². The summed E-state index contributed by atoms with van der Waals surface area (Å²) in [5.41, 5.74) is -0.467. The van der Waals surface area contributed by atoms with Gasteiger partial charge in [0.2, 0.25) is 0 Å². The predicted octanol–water partition coefficient (Wildman–Crippen LogP) is 2.90. The minimum Gasteiger partial charge on any atom is -0.444 e. The van der Waals surface area contributed by atoms with Crippen molar-refractivity contribution in [3.8, 4) is 0 Å². The van der Waals surface area contributed by atoms with Crippen LogP contribution in [0, 0.1) is 5.92 Å². The van der Waals surface area contributed by atoms with Crippen LogP contribution >= 0.6 is 0 Å². The molecule has 126 valence electrons. The van der Waals surface area contributed by atoms with Gasteiger partial charge >= 0.3 is 6.09 Å². The molecule has 1 N–H and O–H groups in total. The summed E-state index contributed by atoms with van der Waals surface area (Å²) in [6.07, 6.45) is 2.09. The Morgan fingerprint density at radius 3 is 2.29 bits per heavy atom. The quantitative estimate of drug-likeness (QED) is 0.630. The Kier molecular flexibility index (Phi) is 10.4. The van der Waals surface area contributed by atoms with Crippen molar-refractivity contribution in [3.05, 3.63) is 0 Å². The van der Waals surface area contributed by atoms with Crippen LogP contribution in [0.1, 0.15) is 47.5 Å². The number of nitrogens with zero attached hydrogens (tertiary/aromatic N) is 1. The first-order valence-corrected chi connectivity index (χ1v) is 8.01. The van der Waals surface area contributed by atoms with Crippen LogP contribution in [0.2, 0.25) is 0 Å². The van der Waals surface area contributed by atoms with Crippen LogP contribution in [0.15, 0.2) is 0 Å². The molecule has 21 heavy (non-hydrogen) atoms. The standard InChI is InChI=1S/C16H34N2O3/c1-7-14(8-2)13-17-9-10-18(11-12-20-6)15(19)21-16(3,4)5/h14,17H,7-13H2,1-6H3. The molecular weight excluding hydrogens is 268 g/mol. The van der Waals surface area contributed by atoms with E-state index in [2.05, 4.69) is 19.2 Å². The lowest BCUT2D eigenvalue weighted by molar-refractivity contribution is 0.0204. The molecule has 0 saturated carbocycles. The number of hydrogen-bond acceptors (Lipinski definition) is 4. The van der Waals surface area contributed by atoms with Gasteiger partial charge in [-0.25, -0.2) is 4.79 Å². The molecule has 0 rings (SSSR count). The largest absolute Gasteiger partial charge is 0.444 e. The fourth-order valence-corrected chi connectivity index (χ4v) is 1.92. The zero-order chi connectivity index (χ0) is 16.3. The van der Waals surface area contributed by atoms with Crippen LogP contribution in [-0.4, -0.2) is 56.5 Å². The molecule has 0 fully saturated rings. The summed E-state index contributed by atoms with van der Waals surface area (Å²) in [6.45, 7) is 13.5. The van der Waals surface area contributed by atoms with Crippen molar-refractivity contribution in [2.45, 2.75) is 53.1 Å². The third-order valence-corrected chi connectivity index (χ3v) is 3.36. The average Bonchev–Trinajstić information content (AvgIpc) is 2.40. The molecule has 0 heterocycles. The highest BCUT2D eigenvalue weighted by molar-refractivity contribution is 5.68. The molecule has 5 heteroatoms. The smallest absolute Gasteiger partial charge is 0.410 e. The van der Waals surface area contributed by atoms with E-state index < -0.39 is 5.60 Å². The summed E-state index contributed by atoms with van der Waals surface area (Å²) < 4.78 is 10.5. The van der Waals surface area contributed by atoms with E-state index in [1.54, 1.807) is 12.0 Å². The van der Waals surface area contributed by atoms with Gasteiger partial charge in [0, 0.05) is 26.7 Å². The first-order valence-electron chi connectivity index (χ1n) is 8.01. The third-order valence-electron chi connectivity index (χ3n) is 3.36. The number of rotatable bonds is 10. The monoisotopic (exact) mass is 302 g/mol. The molecule has 0 aliphatic rings. The van der Waals surface area contributed by atoms with Crippen LogP contribution < -0.4 is 5.32 Å². The van der Waals surface area contributed by atoms with E-state index >= 15 is 0 Å². The SMILES string of the molecule is CCC(CC)CNCCN(CCOC)C(=O)OC(C)(C)C. The van der Waals surface area contributed by atoms with Crippen molar-refractivity contribution >= 4 is 6.09 Å². The van der Waals surface area contributed by atoms with Crippen molar-refractivity contribution in [2.24, 2.45) is 5.92 Å². The third kappa shape index (κ3) is 10.5. The Morgan fingerprint density at radius 2 is 1.81 bits per heavy atom. The molecule has 0 atom stereocenters. The Hall–Kier alpha value is -0.810. The normalized spacial score (nSPS) is 11.8. The summed E-state index contributed by atoms with van der Waals surface area (Å²) >= 11 is 0. The van der Waals surface area contributed by atoms with Crippen molar-refractivity contribution in [1.82, 2.24) is 10.2 Å². The minimum atomic E-state index is -0.467. The van der Waals surface area contributed by atoms with Gasteiger partial charge in [-0.1, -0.05) is 26.7 Å². The lowest BCUT2D eigenvalue weighted by Crippen LogP contribution is -2.42. The van der Waals surface area contributed by atoms with Gasteiger partial charge in [0.15, 0.2) is 0 Å². The second-order valence-corrected chi connectivity index (χ2v) is 6.35. The second kappa shape index (κ2) is 10.9. The average molecular weight is 302 g/mol. The van der Waals surface area contributed by atoms with Gasteiger partial charge in [0.25, 0.3) is 0 Å².